The van der Waals surface area contributed by atoms with Crippen LogP contribution in [0.5, 0.6) is 11.5 Å². The predicted molar refractivity (Wildman–Crippen MR) is 129 cm³/mol. The molecule has 11 heteroatoms. The highest BCUT2D eigenvalue weighted by atomic mass is 32.2. The number of halogens is 1. The van der Waals surface area contributed by atoms with Crippen molar-refractivity contribution >= 4 is 27.5 Å². The van der Waals surface area contributed by atoms with Gasteiger partial charge >= 0.3 is 0 Å². The number of nitrogens with one attached hydrogen (secondary N) is 1. The molecule has 0 spiro atoms. The van der Waals surface area contributed by atoms with Crippen molar-refractivity contribution in [3.63, 3.8) is 0 Å². The molecule has 3 rings (SSSR count). The van der Waals surface area contributed by atoms with E-state index in [1.54, 1.807) is 12.1 Å². The average molecular weight is 508 g/mol. The van der Waals surface area contributed by atoms with E-state index in [4.69, 9.17) is 9.47 Å². The molecule has 2 aromatic rings. The molecule has 2 aromatic carbocycles. The van der Waals surface area contributed by atoms with Crippen molar-refractivity contribution in [1.29, 1.82) is 0 Å². The van der Waals surface area contributed by atoms with Crippen LogP contribution < -0.4 is 19.1 Å². The molecular formula is C24H30FN3O6S. The van der Waals surface area contributed by atoms with Gasteiger partial charge in [0, 0.05) is 24.7 Å². The molecule has 0 bridgehead atoms. The monoisotopic (exact) mass is 507 g/mol. The van der Waals surface area contributed by atoms with Gasteiger partial charge in [-0.05, 0) is 31.5 Å². The molecule has 0 saturated carbocycles. The number of carbonyl (C=O) groups excluding carboxylic acids is 2. The second-order valence-corrected chi connectivity index (χ2v) is 10.1. The molecule has 1 aliphatic rings. The first-order valence-corrected chi connectivity index (χ1v) is 13.1. The second kappa shape index (κ2) is 11.4. The fourth-order valence-electron chi connectivity index (χ4n) is 3.59. The zero-order valence-corrected chi connectivity index (χ0v) is 20.8. The minimum atomic E-state index is -3.90. The standard InChI is InChI=1S/C24H30FN3O6S/c1-4-11-26-24(30)17(2)27(15-18-7-5-6-8-20(18)25)23(29)16-28(35(3,31)32)19-9-10-21-22(14-19)34-13-12-33-21/h5-10,14,17H,4,11-13,15-16H2,1-3H3,(H,26,30)/t17-/m0/s1. The number of hydrogen-bond donors (Lipinski definition) is 1. The van der Waals surface area contributed by atoms with Gasteiger partial charge < -0.3 is 19.7 Å². The summed E-state index contributed by atoms with van der Waals surface area (Å²) in [5.41, 5.74) is 0.417. The van der Waals surface area contributed by atoms with Gasteiger partial charge in [-0.25, -0.2) is 12.8 Å². The molecule has 2 amide bonds. The number of hydrogen-bond acceptors (Lipinski definition) is 6. The fraction of sp³-hybridized carbons (Fsp3) is 0.417. The second-order valence-electron chi connectivity index (χ2n) is 8.18. The van der Waals surface area contributed by atoms with Gasteiger partial charge in [0.2, 0.25) is 21.8 Å². The Bertz CT molecular complexity index is 1170. The Morgan fingerprint density at radius 2 is 1.80 bits per heavy atom. The summed E-state index contributed by atoms with van der Waals surface area (Å²) in [5, 5.41) is 2.73. The van der Waals surface area contributed by atoms with Crippen LogP contribution in [0.1, 0.15) is 25.8 Å². The van der Waals surface area contributed by atoms with E-state index in [2.05, 4.69) is 5.32 Å². The van der Waals surface area contributed by atoms with Crippen LogP contribution in [0.2, 0.25) is 0 Å². The molecule has 0 aliphatic carbocycles. The van der Waals surface area contributed by atoms with Gasteiger partial charge in [-0.3, -0.25) is 13.9 Å². The maximum atomic E-state index is 14.4. The molecule has 0 fully saturated rings. The van der Waals surface area contributed by atoms with Crippen molar-refractivity contribution in [3.8, 4) is 11.5 Å². The van der Waals surface area contributed by atoms with E-state index < -0.39 is 40.2 Å². The number of ether oxygens (including phenoxy) is 2. The van der Waals surface area contributed by atoms with Gasteiger partial charge in [0.15, 0.2) is 11.5 Å². The third kappa shape index (κ3) is 6.62. The fourth-order valence-corrected chi connectivity index (χ4v) is 4.43. The Kier molecular flexibility index (Phi) is 8.55. The molecule has 1 atom stereocenters. The SMILES string of the molecule is CCCNC(=O)[C@H](C)N(Cc1ccccc1F)C(=O)CN(c1ccc2c(c1)OCCO2)S(C)(=O)=O. The molecule has 1 aliphatic heterocycles. The van der Waals surface area contributed by atoms with Crippen molar-refractivity contribution < 1.29 is 31.9 Å². The van der Waals surface area contributed by atoms with E-state index in [-0.39, 0.29) is 17.8 Å². The van der Waals surface area contributed by atoms with Crippen molar-refractivity contribution in [2.75, 3.05) is 36.9 Å². The molecule has 1 N–H and O–H groups in total. The van der Waals surface area contributed by atoms with Gasteiger partial charge in [-0.15, -0.1) is 0 Å². The third-order valence-corrected chi connectivity index (χ3v) is 6.65. The van der Waals surface area contributed by atoms with E-state index in [1.807, 2.05) is 6.92 Å². The van der Waals surface area contributed by atoms with Crippen LogP contribution in [-0.2, 0) is 26.2 Å². The van der Waals surface area contributed by atoms with E-state index in [1.165, 1.54) is 42.2 Å². The number of amides is 2. The van der Waals surface area contributed by atoms with Crippen LogP contribution in [0.4, 0.5) is 10.1 Å². The van der Waals surface area contributed by atoms with E-state index in [9.17, 15) is 22.4 Å². The lowest BCUT2D eigenvalue weighted by molar-refractivity contribution is -0.139. The Labute approximate surface area is 204 Å². The summed E-state index contributed by atoms with van der Waals surface area (Å²) in [6.07, 6.45) is 1.68. The van der Waals surface area contributed by atoms with Crippen molar-refractivity contribution in [2.24, 2.45) is 0 Å². The van der Waals surface area contributed by atoms with Gasteiger partial charge in [0.25, 0.3) is 0 Å². The summed E-state index contributed by atoms with van der Waals surface area (Å²) < 4.78 is 51.7. The van der Waals surface area contributed by atoms with E-state index in [0.717, 1.165) is 10.6 Å². The lowest BCUT2D eigenvalue weighted by atomic mass is 10.1. The number of fused-ring (bicyclic) bond motifs is 1. The number of rotatable bonds is 10. The number of anilines is 1. The zero-order chi connectivity index (χ0) is 25.6. The molecule has 0 aromatic heterocycles. The quantitative estimate of drug-likeness (QED) is 0.529. The van der Waals surface area contributed by atoms with Crippen molar-refractivity contribution in [2.45, 2.75) is 32.9 Å². The predicted octanol–water partition coefficient (Wildman–Crippen LogP) is 2.31. The Balaban J connectivity index is 1.91. The normalized spacial score (nSPS) is 13.6. The smallest absolute Gasteiger partial charge is 0.244 e. The van der Waals surface area contributed by atoms with E-state index >= 15 is 0 Å². The molecule has 190 valence electrons. The summed E-state index contributed by atoms with van der Waals surface area (Å²) in [6, 6.07) is 9.54. The average Bonchev–Trinajstić information content (AvgIpc) is 2.83. The molecule has 1 heterocycles. The first-order chi connectivity index (χ1) is 16.6. The molecule has 35 heavy (non-hydrogen) atoms. The minimum Gasteiger partial charge on any atom is -0.486 e. The molecular weight excluding hydrogens is 477 g/mol. The topological polar surface area (TPSA) is 105 Å². The number of sulfonamides is 1. The zero-order valence-electron chi connectivity index (χ0n) is 20.0. The van der Waals surface area contributed by atoms with Crippen molar-refractivity contribution in [3.05, 3.63) is 53.8 Å². The summed E-state index contributed by atoms with van der Waals surface area (Å²) in [4.78, 5) is 27.3. The highest BCUT2D eigenvalue weighted by Crippen LogP contribution is 2.34. The number of carbonyl (C=O) groups is 2. The minimum absolute atomic E-state index is 0.203. The Hall–Kier alpha value is -3.34. The Morgan fingerprint density at radius 3 is 2.46 bits per heavy atom. The summed E-state index contributed by atoms with van der Waals surface area (Å²) in [6.45, 7) is 3.74. The molecule has 9 nitrogen and oxygen atoms in total. The van der Waals surface area contributed by atoms with Crippen LogP contribution in [-0.4, -0.2) is 63.7 Å². The molecule has 0 radical (unpaired) electrons. The van der Waals surface area contributed by atoms with Gasteiger partial charge in [0.05, 0.1) is 11.9 Å². The van der Waals surface area contributed by atoms with Crippen LogP contribution in [0.15, 0.2) is 42.5 Å². The lowest BCUT2D eigenvalue weighted by Crippen LogP contribution is -2.51. The molecule has 0 unspecified atom stereocenters. The van der Waals surface area contributed by atoms with Crippen LogP contribution >= 0.6 is 0 Å². The summed E-state index contributed by atoms with van der Waals surface area (Å²) >= 11 is 0. The van der Waals surface area contributed by atoms with Gasteiger partial charge in [-0.2, -0.15) is 0 Å². The summed E-state index contributed by atoms with van der Waals surface area (Å²) in [5.74, 6) is -0.764. The Morgan fingerprint density at radius 1 is 1.11 bits per heavy atom. The first-order valence-electron chi connectivity index (χ1n) is 11.3. The maximum Gasteiger partial charge on any atom is 0.244 e. The lowest BCUT2D eigenvalue weighted by Gasteiger charge is -2.31. The van der Waals surface area contributed by atoms with Crippen LogP contribution in [0.3, 0.4) is 0 Å². The molecule has 0 saturated heterocycles. The van der Waals surface area contributed by atoms with E-state index in [0.29, 0.717) is 37.7 Å². The largest absolute Gasteiger partial charge is 0.486 e. The first kappa shape index (κ1) is 26.3. The number of nitrogens with zero attached hydrogens (tertiary/aromatic N) is 2. The highest BCUT2D eigenvalue weighted by Gasteiger charge is 2.31. The van der Waals surface area contributed by atoms with Gasteiger partial charge in [-0.1, -0.05) is 25.1 Å². The van der Waals surface area contributed by atoms with Crippen LogP contribution in [0.25, 0.3) is 0 Å². The highest BCUT2D eigenvalue weighted by molar-refractivity contribution is 7.92. The maximum absolute atomic E-state index is 14.4. The summed E-state index contributed by atoms with van der Waals surface area (Å²) in [7, 11) is -3.90. The van der Waals surface area contributed by atoms with Crippen LogP contribution in [0, 0.1) is 5.82 Å². The number of benzene rings is 2. The third-order valence-electron chi connectivity index (χ3n) is 5.51. The van der Waals surface area contributed by atoms with Crippen molar-refractivity contribution in [1.82, 2.24) is 10.2 Å². The van der Waals surface area contributed by atoms with Gasteiger partial charge in [0.1, 0.15) is 31.6 Å².